The average Bonchev–Trinajstić information content (AvgIpc) is 2.83. The van der Waals surface area contributed by atoms with Gasteiger partial charge in [0.25, 0.3) is 0 Å². The van der Waals surface area contributed by atoms with Crippen LogP contribution in [-0.4, -0.2) is 7.05 Å². The van der Waals surface area contributed by atoms with Gasteiger partial charge in [0, 0.05) is 17.5 Å². The van der Waals surface area contributed by atoms with Crippen LogP contribution in [0.5, 0.6) is 0 Å². The van der Waals surface area contributed by atoms with Crippen LogP contribution in [0.25, 0.3) is 0 Å². The van der Waals surface area contributed by atoms with Crippen LogP contribution in [0, 0.1) is 5.82 Å². The molecule has 1 N–H and O–H groups in total. The first kappa shape index (κ1) is 13.3. The fourth-order valence-corrected chi connectivity index (χ4v) is 2.50. The van der Waals surface area contributed by atoms with Gasteiger partial charge in [-0.05, 0) is 35.1 Å². The summed E-state index contributed by atoms with van der Waals surface area (Å²) in [7, 11) is 1.82. The quantitative estimate of drug-likeness (QED) is 0.921. The Balaban J connectivity index is 2.49. The van der Waals surface area contributed by atoms with Gasteiger partial charge >= 0.3 is 0 Å². The van der Waals surface area contributed by atoms with Gasteiger partial charge in [0.05, 0.1) is 16.8 Å². The van der Waals surface area contributed by atoms with Crippen LogP contribution in [0.2, 0.25) is 0 Å². The molecule has 0 radical (unpaired) electrons. The first-order valence-electron chi connectivity index (χ1n) is 5.86. The van der Waals surface area contributed by atoms with Crippen molar-refractivity contribution in [3.8, 4) is 0 Å². The lowest BCUT2D eigenvalue weighted by molar-refractivity contribution is 0.501. The van der Waals surface area contributed by atoms with Crippen molar-refractivity contribution < 1.29 is 8.81 Å². The molecule has 0 aliphatic carbocycles. The Morgan fingerprint density at radius 3 is 2.78 bits per heavy atom. The largest absolute Gasteiger partial charge is 0.469 e. The zero-order valence-corrected chi connectivity index (χ0v) is 11.9. The van der Waals surface area contributed by atoms with Gasteiger partial charge in [-0.25, -0.2) is 4.39 Å². The van der Waals surface area contributed by atoms with E-state index in [2.05, 4.69) is 21.2 Å². The number of halogens is 2. The average molecular weight is 312 g/mol. The molecule has 0 saturated carbocycles. The Kier molecular flexibility index (Phi) is 4.19. The number of nitrogens with one attached hydrogen (secondary N) is 1. The normalized spacial score (nSPS) is 12.7. The first-order chi connectivity index (χ1) is 8.69. The molecule has 4 heteroatoms. The van der Waals surface area contributed by atoms with Gasteiger partial charge in [-0.2, -0.15) is 0 Å². The molecule has 0 saturated heterocycles. The summed E-state index contributed by atoms with van der Waals surface area (Å²) in [6, 6.07) is 7.00. The van der Waals surface area contributed by atoms with Crippen molar-refractivity contribution in [3.05, 3.63) is 57.7 Å². The molecule has 0 fully saturated rings. The first-order valence-corrected chi connectivity index (χ1v) is 6.65. The minimum atomic E-state index is -0.236. The summed E-state index contributed by atoms with van der Waals surface area (Å²) in [6.45, 7) is 2.02. The molecule has 1 unspecified atom stereocenters. The van der Waals surface area contributed by atoms with Crippen LogP contribution in [0.3, 0.4) is 0 Å². The highest BCUT2D eigenvalue weighted by molar-refractivity contribution is 9.10. The van der Waals surface area contributed by atoms with Gasteiger partial charge in [-0.3, -0.25) is 0 Å². The molecular weight excluding hydrogens is 297 g/mol. The maximum Gasteiger partial charge on any atom is 0.142 e. The lowest BCUT2D eigenvalue weighted by Gasteiger charge is -2.18. The van der Waals surface area contributed by atoms with Crippen molar-refractivity contribution in [3.63, 3.8) is 0 Å². The van der Waals surface area contributed by atoms with Crippen molar-refractivity contribution in [2.24, 2.45) is 0 Å². The van der Waals surface area contributed by atoms with Crippen LogP contribution >= 0.6 is 15.9 Å². The van der Waals surface area contributed by atoms with Gasteiger partial charge in [-0.1, -0.05) is 19.1 Å². The van der Waals surface area contributed by atoms with E-state index >= 15 is 0 Å². The van der Waals surface area contributed by atoms with E-state index in [0.717, 1.165) is 17.7 Å². The molecule has 0 aliphatic heterocycles. The van der Waals surface area contributed by atoms with E-state index in [9.17, 15) is 4.39 Å². The molecule has 1 atom stereocenters. The lowest BCUT2D eigenvalue weighted by atomic mass is 9.98. The van der Waals surface area contributed by atoms with E-state index < -0.39 is 0 Å². The van der Waals surface area contributed by atoms with Crippen LogP contribution in [0.4, 0.5) is 4.39 Å². The molecule has 96 valence electrons. The molecule has 0 amide bonds. The SMILES string of the molecule is CCc1occc1C(NC)c1cccc(Br)c1F. The van der Waals surface area contributed by atoms with Gasteiger partial charge in [0.2, 0.25) is 0 Å². The highest BCUT2D eigenvalue weighted by atomic mass is 79.9. The fourth-order valence-electron chi connectivity index (χ4n) is 2.12. The predicted molar refractivity (Wildman–Crippen MR) is 73.1 cm³/mol. The van der Waals surface area contributed by atoms with E-state index in [1.54, 1.807) is 18.4 Å². The summed E-state index contributed by atoms with van der Waals surface area (Å²) in [5, 5.41) is 3.14. The second-order valence-corrected chi connectivity index (χ2v) is 4.87. The summed E-state index contributed by atoms with van der Waals surface area (Å²) in [6.07, 6.45) is 2.44. The zero-order chi connectivity index (χ0) is 13.1. The molecule has 0 bridgehead atoms. The molecule has 1 heterocycles. The van der Waals surface area contributed by atoms with Crippen LogP contribution in [0.1, 0.15) is 29.9 Å². The molecule has 1 aromatic heterocycles. The van der Waals surface area contributed by atoms with E-state index in [1.807, 2.05) is 26.1 Å². The Hall–Kier alpha value is -1.13. The standard InChI is InChI=1S/C14H15BrFNO/c1-3-12-9(7-8-18-12)14(17-2)10-5-4-6-11(15)13(10)16/h4-8,14,17H,3H2,1-2H3. The van der Waals surface area contributed by atoms with Gasteiger partial charge in [0.15, 0.2) is 0 Å². The van der Waals surface area contributed by atoms with E-state index in [1.165, 1.54) is 0 Å². The lowest BCUT2D eigenvalue weighted by Crippen LogP contribution is -2.19. The van der Waals surface area contributed by atoms with E-state index in [4.69, 9.17) is 4.42 Å². The van der Waals surface area contributed by atoms with Crippen LogP contribution in [-0.2, 0) is 6.42 Å². The Morgan fingerprint density at radius 1 is 1.33 bits per heavy atom. The van der Waals surface area contributed by atoms with Crippen LogP contribution in [0.15, 0.2) is 39.4 Å². The van der Waals surface area contributed by atoms with E-state index in [0.29, 0.717) is 10.0 Å². The molecule has 18 heavy (non-hydrogen) atoms. The second kappa shape index (κ2) is 5.67. The van der Waals surface area contributed by atoms with Crippen molar-refractivity contribution in [2.45, 2.75) is 19.4 Å². The molecular formula is C14H15BrFNO. The summed E-state index contributed by atoms with van der Waals surface area (Å²) >= 11 is 3.22. The van der Waals surface area contributed by atoms with Crippen molar-refractivity contribution in [1.82, 2.24) is 5.32 Å². The number of hydrogen-bond donors (Lipinski definition) is 1. The topological polar surface area (TPSA) is 25.2 Å². The molecule has 1 aromatic carbocycles. The van der Waals surface area contributed by atoms with Gasteiger partial charge in [0.1, 0.15) is 11.6 Å². The monoisotopic (exact) mass is 311 g/mol. The fraction of sp³-hybridized carbons (Fsp3) is 0.286. The van der Waals surface area contributed by atoms with E-state index in [-0.39, 0.29) is 11.9 Å². The third kappa shape index (κ3) is 2.35. The van der Waals surface area contributed by atoms with Gasteiger partial charge < -0.3 is 9.73 Å². The molecule has 2 aromatic rings. The van der Waals surface area contributed by atoms with Crippen molar-refractivity contribution >= 4 is 15.9 Å². The summed E-state index contributed by atoms with van der Waals surface area (Å²) in [5.41, 5.74) is 1.60. The molecule has 0 aliphatic rings. The highest BCUT2D eigenvalue weighted by Gasteiger charge is 2.21. The molecule has 0 spiro atoms. The van der Waals surface area contributed by atoms with Crippen LogP contribution < -0.4 is 5.32 Å². The van der Waals surface area contributed by atoms with Gasteiger partial charge in [-0.15, -0.1) is 0 Å². The summed E-state index contributed by atoms with van der Waals surface area (Å²) in [5.74, 6) is 0.647. The second-order valence-electron chi connectivity index (χ2n) is 4.02. The Labute approximate surface area is 114 Å². The third-order valence-electron chi connectivity index (χ3n) is 2.99. The maximum atomic E-state index is 14.1. The molecule has 2 nitrogen and oxygen atoms in total. The highest BCUT2D eigenvalue weighted by Crippen LogP contribution is 2.30. The van der Waals surface area contributed by atoms with Crippen molar-refractivity contribution in [2.75, 3.05) is 7.05 Å². The number of benzene rings is 1. The number of furan rings is 1. The number of hydrogen-bond acceptors (Lipinski definition) is 2. The number of rotatable bonds is 4. The Morgan fingerprint density at radius 2 is 2.11 bits per heavy atom. The molecule has 2 rings (SSSR count). The summed E-state index contributed by atoms with van der Waals surface area (Å²) in [4.78, 5) is 0. The van der Waals surface area contributed by atoms with Crippen molar-refractivity contribution in [1.29, 1.82) is 0 Å². The zero-order valence-electron chi connectivity index (χ0n) is 10.3. The third-order valence-corrected chi connectivity index (χ3v) is 3.61. The minimum absolute atomic E-state index is 0.198. The smallest absolute Gasteiger partial charge is 0.142 e. The summed E-state index contributed by atoms with van der Waals surface area (Å²) < 4.78 is 20.0. The predicted octanol–water partition coefficient (Wildman–Crippen LogP) is 4.05. The Bertz CT molecular complexity index is 538. The maximum absolute atomic E-state index is 14.1. The minimum Gasteiger partial charge on any atom is -0.469 e. The number of aryl methyl sites for hydroxylation is 1.